The lowest BCUT2D eigenvalue weighted by Crippen LogP contribution is -2.61. The second kappa shape index (κ2) is 15.9. The third-order valence-corrected chi connectivity index (χ3v) is 13.6. The molecule has 9 rings (SSSR count). The molecule has 1 atom stereocenters. The minimum absolute atomic E-state index is 0.0213. The molecule has 16 heteroatoms. The van der Waals surface area contributed by atoms with E-state index in [4.69, 9.17) is 21.6 Å². The maximum Gasteiger partial charge on any atom is 0.272 e. The van der Waals surface area contributed by atoms with Crippen LogP contribution in [0.2, 0.25) is 5.02 Å². The number of nitriles is 1. The van der Waals surface area contributed by atoms with E-state index in [9.17, 15) is 24.0 Å². The monoisotopic (exact) mass is 819 g/mol. The van der Waals surface area contributed by atoms with E-state index in [-0.39, 0.29) is 36.3 Å². The third kappa shape index (κ3) is 7.71. The number of amides is 5. The first-order valence-corrected chi connectivity index (χ1v) is 21.0. The lowest BCUT2D eigenvalue weighted by molar-refractivity contribution is -0.136. The number of piperidine rings is 3. The predicted octanol–water partition coefficient (Wildman–Crippen LogP) is 4.09. The van der Waals surface area contributed by atoms with Crippen molar-refractivity contribution in [1.29, 1.82) is 5.26 Å². The Morgan fingerprint density at radius 2 is 1.59 bits per heavy atom. The summed E-state index contributed by atoms with van der Waals surface area (Å²) in [4.78, 5) is 71.8. The molecular weight excluding hydrogens is 774 g/mol. The van der Waals surface area contributed by atoms with Crippen LogP contribution in [0, 0.1) is 16.7 Å². The Kier molecular flexibility index (Phi) is 10.5. The molecule has 2 aromatic carbocycles. The van der Waals surface area contributed by atoms with Crippen LogP contribution < -0.4 is 25.2 Å². The average Bonchev–Trinajstić information content (AvgIpc) is 3.48. The molecule has 4 saturated heterocycles. The van der Waals surface area contributed by atoms with E-state index in [1.165, 1.54) is 0 Å². The van der Waals surface area contributed by atoms with Gasteiger partial charge in [-0.2, -0.15) is 5.26 Å². The number of fused-ring (bicyclic) bond motifs is 1. The van der Waals surface area contributed by atoms with Crippen molar-refractivity contribution in [2.75, 3.05) is 49.1 Å². The second-order valence-corrected chi connectivity index (χ2v) is 17.3. The zero-order valence-electron chi connectivity index (χ0n) is 32.7. The molecule has 59 heavy (non-hydrogen) atoms. The van der Waals surface area contributed by atoms with Crippen LogP contribution >= 0.6 is 11.6 Å². The Hall–Kier alpha value is -5.59. The summed E-state index contributed by atoms with van der Waals surface area (Å²) in [5, 5.41) is 23.6. The summed E-state index contributed by atoms with van der Waals surface area (Å²) >= 11 is 6.15. The predicted molar refractivity (Wildman–Crippen MR) is 216 cm³/mol. The van der Waals surface area contributed by atoms with Crippen molar-refractivity contribution in [1.82, 2.24) is 30.6 Å². The van der Waals surface area contributed by atoms with Gasteiger partial charge in [0.05, 0.1) is 27.8 Å². The van der Waals surface area contributed by atoms with E-state index in [0.29, 0.717) is 39.2 Å². The van der Waals surface area contributed by atoms with Gasteiger partial charge in [-0.05, 0) is 113 Å². The van der Waals surface area contributed by atoms with Crippen LogP contribution in [0.5, 0.6) is 5.75 Å². The van der Waals surface area contributed by atoms with Crippen molar-refractivity contribution in [2.24, 2.45) is 5.41 Å². The first kappa shape index (κ1) is 38.9. The SMILES string of the molecule is N#Cc1ccc(OC2CCC(NC(=O)c3ccc(N4CCC(N5CCC6(CC5)CN(c5ccc7c(c5)C(=O)N(C5CCC(=O)NC5=O)C7=O)C6)CC4)nn3)CC2)cc1Cl. The molecule has 6 heterocycles. The second-order valence-electron chi connectivity index (χ2n) is 16.9. The highest BCUT2D eigenvalue weighted by Crippen LogP contribution is 2.44. The van der Waals surface area contributed by atoms with Crippen LogP contribution in [0.25, 0.3) is 0 Å². The van der Waals surface area contributed by atoms with E-state index < -0.39 is 29.7 Å². The number of nitrogens with zero attached hydrogens (tertiary/aromatic N) is 7. The highest BCUT2D eigenvalue weighted by Gasteiger charge is 2.48. The molecule has 1 unspecified atom stereocenters. The molecule has 1 spiro atoms. The number of hydrogen-bond donors (Lipinski definition) is 2. The number of imide groups is 2. The number of nitrogens with one attached hydrogen (secondary N) is 2. The number of likely N-dealkylation sites (tertiary alicyclic amines) is 1. The van der Waals surface area contributed by atoms with Crippen molar-refractivity contribution in [3.63, 3.8) is 0 Å². The molecule has 0 bridgehead atoms. The van der Waals surface area contributed by atoms with Crippen LogP contribution in [0.3, 0.4) is 0 Å². The van der Waals surface area contributed by atoms with E-state index in [0.717, 1.165) is 107 Å². The maximum absolute atomic E-state index is 13.3. The fraction of sp³-hybridized carbons (Fsp3) is 0.488. The van der Waals surface area contributed by atoms with Crippen molar-refractivity contribution >= 4 is 52.6 Å². The molecule has 15 nitrogen and oxygen atoms in total. The van der Waals surface area contributed by atoms with E-state index >= 15 is 0 Å². The van der Waals surface area contributed by atoms with Crippen LogP contribution in [0.4, 0.5) is 11.5 Å². The molecule has 1 aliphatic carbocycles. The van der Waals surface area contributed by atoms with Gasteiger partial charge >= 0.3 is 0 Å². The number of halogens is 1. The molecule has 2 N–H and O–H groups in total. The fourth-order valence-electron chi connectivity index (χ4n) is 9.79. The minimum Gasteiger partial charge on any atom is -0.490 e. The van der Waals surface area contributed by atoms with Crippen LogP contribution in [-0.4, -0.2) is 113 Å². The van der Waals surface area contributed by atoms with Crippen molar-refractivity contribution < 1.29 is 28.7 Å². The minimum atomic E-state index is -0.969. The summed E-state index contributed by atoms with van der Waals surface area (Å²) in [5.41, 5.74) is 2.48. The summed E-state index contributed by atoms with van der Waals surface area (Å²) in [6.45, 7) is 5.64. The number of aromatic nitrogens is 2. The third-order valence-electron chi connectivity index (χ3n) is 13.3. The number of hydrogen-bond acceptors (Lipinski definition) is 12. The zero-order valence-corrected chi connectivity index (χ0v) is 33.5. The van der Waals surface area contributed by atoms with Gasteiger partial charge in [0.25, 0.3) is 17.7 Å². The quantitative estimate of drug-likeness (QED) is 0.311. The first-order valence-electron chi connectivity index (χ1n) is 20.7. The molecule has 5 amide bonds. The Morgan fingerprint density at radius 1 is 0.847 bits per heavy atom. The number of anilines is 2. The number of benzene rings is 2. The van der Waals surface area contributed by atoms with Gasteiger partial charge in [-0.1, -0.05) is 11.6 Å². The molecule has 306 valence electrons. The van der Waals surface area contributed by atoms with Gasteiger partial charge in [0.1, 0.15) is 17.9 Å². The topological polar surface area (TPSA) is 181 Å². The molecule has 1 saturated carbocycles. The average molecular weight is 820 g/mol. The Bertz CT molecular complexity index is 2210. The number of carbonyl (C=O) groups is 5. The smallest absolute Gasteiger partial charge is 0.272 e. The molecular formula is C43H46ClN9O6. The molecule has 0 radical (unpaired) electrons. The van der Waals surface area contributed by atoms with Gasteiger partial charge in [0.15, 0.2) is 11.5 Å². The van der Waals surface area contributed by atoms with E-state index in [1.807, 2.05) is 12.1 Å². The molecule has 5 fully saturated rings. The van der Waals surface area contributed by atoms with Gasteiger partial charge in [0, 0.05) is 61.9 Å². The van der Waals surface area contributed by atoms with Crippen molar-refractivity contribution in [3.8, 4) is 11.8 Å². The molecule has 3 aromatic rings. The number of rotatable bonds is 8. The Balaban J connectivity index is 0.700. The number of ether oxygens (including phenoxy) is 1. The number of carbonyl (C=O) groups excluding carboxylic acids is 5. The summed E-state index contributed by atoms with van der Waals surface area (Å²) < 4.78 is 6.08. The van der Waals surface area contributed by atoms with Crippen molar-refractivity contribution in [3.05, 3.63) is 75.9 Å². The first-order chi connectivity index (χ1) is 28.6. The van der Waals surface area contributed by atoms with Gasteiger partial charge in [-0.3, -0.25) is 34.2 Å². The summed E-state index contributed by atoms with van der Waals surface area (Å²) in [7, 11) is 0. The molecule has 1 aromatic heterocycles. The fourth-order valence-corrected chi connectivity index (χ4v) is 10.0. The van der Waals surface area contributed by atoms with E-state index in [2.05, 4.69) is 41.6 Å². The van der Waals surface area contributed by atoms with Gasteiger partial charge in [-0.15, -0.1) is 10.2 Å². The van der Waals surface area contributed by atoms with Gasteiger partial charge < -0.3 is 24.8 Å². The zero-order chi connectivity index (χ0) is 40.8. The Morgan fingerprint density at radius 3 is 2.27 bits per heavy atom. The van der Waals surface area contributed by atoms with Crippen LogP contribution in [0.1, 0.15) is 101 Å². The summed E-state index contributed by atoms with van der Waals surface area (Å²) in [6.07, 6.45) is 7.69. The lowest BCUT2D eigenvalue weighted by Gasteiger charge is -2.56. The molecule has 6 aliphatic rings. The molecule has 5 aliphatic heterocycles. The largest absolute Gasteiger partial charge is 0.490 e. The normalized spacial score (nSPS) is 24.7. The van der Waals surface area contributed by atoms with Gasteiger partial charge in [0.2, 0.25) is 11.8 Å². The Labute approximate surface area is 347 Å². The van der Waals surface area contributed by atoms with Gasteiger partial charge in [-0.25, -0.2) is 0 Å². The standard InChI is InChI=1S/C43H46ClN9O6/c44-34-22-31(5-1-26(34)23-45)59-30-6-2-27(3-7-30)46-39(55)35-9-11-37(49-48-35)51-17-13-28(14-18-51)50-19-15-43(16-20-50)24-52(25-43)29-4-8-32-33(21-29)42(58)53(41(32)57)36-10-12-38(54)47-40(36)56/h1,4-5,8-9,11,21-22,27-28,30,36H,2-3,6-7,10,12-20,24-25H2,(H,46,55)(H,47,54,56). The maximum atomic E-state index is 13.3. The van der Waals surface area contributed by atoms with E-state index in [1.54, 1.807) is 36.4 Å². The highest BCUT2D eigenvalue weighted by atomic mass is 35.5. The van der Waals surface area contributed by atoms with Crippen LogP contribution in [-0.2, 0) is 9.59 Å². The van der Waals surface area contributed by atoms with Crippen molar-refractivity contribution in [2.45, 2.75) is 88.4 Å². The lowest BCUT2D eigenvalue weighted by atomic mass is 9.71. The van der Waals surface area contributed by atoms with Crippen LogP contribution in [0.15, 0.2) is 48.5 Å². The summed E-state index contributed by atoms with van der Waals surface area (Å²) in [5.74, 6) is -0.750. The summed E-state index contributed by atoms with van der Waals surface area (Å²) in [6, 6.07) is 15.7. The highest BCUT2D eigenvalue weighted by molar-refractivity contribution is 6.31.